The highest BCUT2D eigenvalue weighted by molar-refractivity contribution is 5.77. The highest BCUT2D eigenvalue weighted by Gasteiger charge is 2.23. The summed E-state index contributed by atoms with van der Waals surface area (Å²) in [5.41, 5.74) is 16.0. The molecule has 22 heavy (non-hydrogen) atoms. The minimum Gasteiger partial charge on any atom is -0.384 e. The molecule has 7 heteroatoms. The molecule has 0 aliphatic heterocycles. The predicted octanol–water partition coefficient (Wildman–Crippen LogP) is 1.69. The fourth-order valence-electron chi connectivity index (χ4n) is 3.31. The summed E-state index contributed by atoms with van der Waals surface area (Å²) in [7, 11) is 0. The molecule has 1 saturated carbocycles. The first kappa shape index (κ1) is 13.3. The Labute approximate surface area is 127 Å². The van der Waals surface area contributed by atoms with Crippen LogP contribution in [0, 0.1) is 0 Å². The van der Waals surface area contributed by atoms with Gasteiger partial charge in [0.25, 0.3) is 0 Å². The number of aromatic amines is 1. The quantitative estimate of drug-likeness (QED) is 0.666. The molecule has 2 atom stereocenters. The van der Waals surface area contributed by atoms with Crippen molar-refractivity contribution in [1.29, 1.82) is 0 Å². The number of rotatable bonds is 2. The van der Waals surface area contributed by atoms with E-state index in [0.717, 1.165) is 48.2 Å². The second-order valence-corrected chi connectivity index (χ2v) is 6.01. The molecule has 5 N–H and O–H groups in total. The number of fused-ring (bicyclic) bond motifs is 1. The van der Waals surface area contributed by atoms with Crippen LogP contribution < -0.4 is 11.5 Å². The minimum absolute atomic E-state index is 0.260. The minimum atomic E-state index is 0.260. The molecule has 3 aromatic heterocycles. The molecular weight excluding hydrogens is 278 g/mol. The van der Waals surface area contributed by atoms with Gasteiger partial charge in [-0.1, -0.05) is 6.42 Å². The average Bonchev–Trinajstić information content (AvgIpc) is 3.15. The Hall–Kier alpha value is -2.41. The Morgan fingerprint density at radius 1 is 1.27 bits per heavy atom. The molecule has 114 valence electrons. The van der Waals surface area contributed by atoms with Crippen LogP contribution in [0.25, 0.3) is 16.8 Å². The Kier molecular flexibility index (Phi) is 3.07. The summed E-state index contributed by atoms with van der Waals surface area (Å²) in [6.45, 7) is 0. The van der Waals surface area contributed by atoms with E-state index in [1.165, 1.54) is 0 Å². The van der Waals surface area contributed by atoms with Gasteiger partial charge >= 0.3 is 0 Å². The average molecular weight is 297 g/mol. The van der Waals surface area contributed by atoms with Gasteiger partial charge < -0.3 is 11.5 Å². The molecule has 0 saturated heterocycles. The van der Waals surface area contributed by atoms with E-state index in [-0.39, 0.29) is 6.04 Å². The third-order valence-corrected chi connectivity index (χ3v) is 4.46. The summed E-state index contributed by atoms with van der Waals surface area (Å²) < 4.78 is 1.68. The van der Waals surface area contributed by atoms with Crippen molar-refractivity contribution in [3.8, 4) is 11.1 Å². The summed E-state index contributed by atoms with van der Waals surface area (Å²) in [6, 6.07) is 2.19. The number of hydrogen-bond donors (Lipinski definition) is 3. The van der Waals surface area contributed by atoms with Gasteiger partial charge in [0, 0.05) is 41.0 Å². The van der Waals surface area contributed by atoms with Gasteiger partial charge in [-0.3, -0.25) is 5.10 Å². The predicted molar refractivity (Wildman–Crippen MR) is 84.2 cm³/mol. The maximum atomic E-state index is 6.17. The number of aromatic nitrogens is 5. The molecule has 0 amide bonds. The van der Waals surface area contributed by atoms with Gasteiger partial charge in [0.05, 0.1) is 12.4 Å². The lowest BCUT2D eigenvalue weighted by Gasteiger charge is -2.26. The number of nitrogens with zero attached hydrogens (tertiary/aromatic N) is 4. The third-order valence-electron chi connectivity index (χ3n) is 4.46. The molecular formula is C15H19N7. The van der Waals surface area contributed by atoms with Gasteiger partial charge in [-0.05, 0) is 19.3 Å². The van der Waals surface area contributed by atoms with Gasteiger partial charge in [0.2, 0.25) is 0 Å². The Morgan fingerprint density at radius 3 is 2.95 bits per heavy atom. The van der Waals surface area contributed by atoms with Gasteiger partial charge in [-0.15, -0.1) is 0 Å². The lowest BCUT2D eigenvalue weighted by Crippen LogP contribution is -2.27. The zero-order chi connectivity index (χ0) is 15.1. The lowest BCUT2D eigenvalue weighted by atomic mass is 9.84. The van der Waals surface area contributed by atoms with Gasteiger partial charge in [-0.25, -0.2) is 4.98 Å². The largest absolute Gasteiger partial charge is 0.384 e. The van der Waals surface area contributed by atoms with Crippen molar-refractivity contribution >= 4 is 11.5 Å². The van der Waals surface area contributed by atoms with Crippen molar-refractivity contribution in [2.75, 3.05) is 5.73 Å². The molecule has 3 aromatic rings. The van der Waals surface area contributed by atoms with E-state index >= 15 is 0 Å². The Balaban J connectivity index is 1.82. The topological polar surface area (TPSA) is 111 Å². The van der Waals surface area contributed by atoms with Crippen molar-refractivity contribution in [2.45, 2.75) is 37.6 Å². The molecule has 1 fully saturated rings. The summed E-state index contributed by atoms with van der Waals surface area (Å²) in [6.07, 6.45) is 9.70. The highest BCUT2D eigenvalue weighted by atomic mass is 15.3. The molecule has 3 heterocycles. The zero-order valence-corrected chi connectivity index (χ0v) is 12.2. The maximum absolute atomic E-state index is 6.17. The van der Waals surface area contributed by atoms with E-state index in [1.807, 2.05) is 12.3 Å². The second kappa shape index (κ2) is 5.10. The van der Waals surface area contributed by atoms with Crippen LogP contribution in [0.5, 0.6) is 0 Å². The van der Waals surface area contributed by atoms with Crippen LogP contribution >= 0.6 is 0 Å². The second-order valence-electron chi connectivity index (χ2n) is 6.01. The standard InChI is InChI=1S/C15H19N7/c16-11-3-1-2-9(4-11)13-5-14(17)22-15(21-13)12(8-20-22)10-6-18-19-7-10/h5-9,11H,1-4,16-17H2,(H,18,19)/t9-,11+/m0/s1. The van der Waals surface area contributed by atoms with Crippen LogP contribution in [0.15, 0.2) is 24.7 Å². The van der Waals surface area contributed by atoms with E-state index < -0.39 is 0 Å². The molecule has 7 nitrogen and oxygen atoms in total. The lowest BCUT2D eigenvalue weighted by molar-refractivity contribution is 0.388. The first-order valence-corrected chi connectivity index (χ1v) is 7.61. The van der Waals surface area contributed by atoms with Gasteiger partial charge in [-0.2, -0.15) is 14.7 Å². The molecule has 0 unspecified atom stereocenters. The molecule has 1 aliphatic carbocycles. The van der Waals surface area contributed by atoms with E-state index in [1.54, 1.807) is 16.9 Å². The number of hydrogen-bond acceptors (Lipinski definition) is 5. The molecule has 0 radical (unpaired) electrons. The van der Waals surface area contributed by atoms with Crippen LogP contribution in [0.3, 0.4) is 0 Å². The normalized spacial score (nSPS) is 22.2. The Bertz CT molecular complexity index is 790. The van der Waals surface area contributed by atoms with Crippen molar-refractivity contribution in [3.63, 3.8) is 0 Å². The van der Waals surface area contributed by atoms with Crippen molar-refractivity contribution in [3.05, 3.63) is 30.4 Å². The van der Waals surface area contributed by atoms with E-state index in [2.05, 4.69) is 15.3 Å². The third kappa shape index (κ3) is 2.14. The van der Waals surface area contributed by atoms with Gasteiger partial charge in [0.1, 0.15) is 5.82 Å². The van der Waals surface area contributed by atoms with Crippen molar-refractivity contribution in [1.82, 2.24) is 24.8 Å². The van der Waals surface area contributed by atoms with Crippen LogP contribution in [0.2, 0.25) is 0 Å². The fourth-order valence-corrected chi connectivity index (χ4v) is 3.31. The number of H-pyrrole nitrogens is 1. The zero-order valence-electron chi connectivity index (χ0n) is 12.2. The smallest absolute Gasteiger partial charge is 0.165 e. The van der Waals surface area contributed by atoms with E-state index in [9.17, 15) is 0 Å². The highest BCUT2D eigenvalue weighted by Crippen LogP contribution is 2.33. The number of nitrogens with one attached hydrogen (secondary N) is 1. The maximum Gasteiger partial charge on any atom is 0.165 e. The van der Waals surface area contributed by atoms with Crippen molar-refractivity contribution in [2.24, 2.45) is 5.73 Å². The van der Waals surface area contributed by atoms with Crippen LogP contribution in [-0.4, -0.2) is 30.8 Å². The summed E-state index contributed by atoms with van der Waals surface area (Å²) in [4.78, 5) is 4.83. The van der Waals surface area contributed by atoms with E-state index in [4.69, 9.17) is 16.5 Å². The fraction of sp³-hybridized carbons (Fsp3) is 0.400. The van der Waals surface area contributed by atoms with Crippen molar-refractivity contribution < 1.29 is 0 Å². The summed E-state index contributed by atoms with van der Waals surface area (Å²) >= 11 is 0. The van der Waals surface area contributed by atoms with Crippen LogP contribution in [-0.2, 0) is 0 Å². The number of anilines is 1. The molecule has 4 rings (SSSR count). The molecule has 1 aliphatic rings. The van der Waals surface area contributed by atoms with Gasteiger partial charge in [0.15, 0.2) is 5.65 Å². The summed E-state index contributed by atoms with van der Waals surface area (Å²) in [5, 5.41) is 11.1. The molecule has 0 bridgehead atoms. The van der Waals surface area contributed by atoms with E-state index in [0.29, 0.717) is 11.7 Å². The summed E-state index contributed by atoms with van der Waals surface area (Å²) in [5.74, 6) is 0.983. The molecule has 0 aromatic carbocycles. The van der Waals surface area contributed by atoms with Crippen LogP contribution in [0.4, 0.5) is 5.82 Å². The monoisotopic (exact) mass is 297 g/mol. The van der Waals surface area contributed by atoms with Crippen LogP contribution in [0.1, 0.15) is 37.3 Å². The first-order valence-electron chi connectivity index (χ1n) is 7.61. The number of nitrogens with two attached hydrogens (primary N) is 2. The first-order chi connectivity index (χ1) is 10.7. The molecule has 0 spiro atoms. The number of nitrogen functional groups attached to an aromatic ring is 1. The SMILES string of the molecule is Nc1cc([C@H]2CCC[C@@H](N)C2)nc2c(-c3cn[nH]c3)cnn12. The Morgan fingerprint density at radius 2 is 2.18 bits per heavy atom.